The van der Waals surface area contributed by atoms with E-state index in [1.807, 2.05) is 27.7 Å². The molecule has 152 valence electrons. The average molecular weight is 407 g/mol. The maximum Gasteiger partial charge on any atom is 0.295 e. The lowest BCUT2D eigenvalue weighted by molar-refractivity contribution is 0.0779. The second-order valence-corrected chi connectivity index (χ2v) is 9.45. The van der Waals surface area contributed by atoms with Crippen LogP contribution in [0.1, 0.15) is 70.1 Å². The predicted molar refractivity (Wildman–Crippen MR) is 107 cm³/mol. The first-order valence-corrected chi connectivity index (χ1v) is 10.4. The van der Waals surface area contributed by atoms with Crippen LogP contribution in [0.5, 0.6) is 0 Å². The maximum atomic E-state index is 12.7. The Morgan fingerprint density at radius 1 is 1.11 bits per heavy atom. The van der Waals surface area contributed by atoms with Crippen molar-refractivity contribution < 1.29 is 22.7 Å². The highest BCUT2D eigenvalue weighted by atomic mass is 32.2. The molecule has 0 unspecified atom stereocenters. The Labute approximate surface area is 165 Å². The fourth-order valence-electron chi connectivity index (χ4n) is 2.78. The number of nitrogens with zero attached hydrogens (tertiary/aromatic N) is 1. The van der Waals surface area contributed by atoms with Crippen LogP contribution in [-0.4, -0.2) is 19.6 Å². The van der Waals surface area contributed by atoms with E-state index in [2.05, 4.69) is 9.71 Å². The average Bonchev–Trinajstić information content (AvgIpc) is 3.06. The number of benzene rings is 1. The van der Waals surface area contributed by atoms with Crippen molar-refractivity contribution in [1.82, 2.24) is 0 Å². The van der Waals surface area contributed by atoms with Gasteiger partial charge in [0.25, 0.3) is 10.0 Å². The number of rotatable bonds is 7. The number of anilines is 1. The van der Waals surface area contributed by atoms with Crippen molar-refractivity contribution in [3.05, 3.63) is 41.2 Å². The standard InChI is InChI=1S/C20H26N2O5S/c1-12(2)16-8-15(9-17(13(3)4)19(16)21-11-23)22-28(25,26)18-7-14(10-27-18)20(5,6)24/h7-10,12-13,22,24H,1-6H3. The Bertz CT molecular complexity index is 978. The molecule has 2 rings (SSSR count). The molecular formula is C20H26N2O5S. The van der Waals surface area contributed by atoms with Gasteiger partial charge in [-0.25, -0.2) is 4.79 Å². The van der Waals surface area contributed by atoms with E-state index >= 15 is 0 Å². The van der Waals surface area contributed by atoms with Crippen molar-refractivity contribution in [2.24, 2.45) is 4.99 Å². The number of aliphatic imine (C=N–C) groups is 1. The summed E-state index contributed by atoms with van der Waals surface area (Å²) >= 11 is 0. The fraction of sp³-hybridized carbons (Fsp3) is 0.450. The molecule has 0 saturated heterocycles. The van der Waals surface area contributed by atoms with Crippen LogP contribution in [0.4, 0.5) is 11.4 Å². The van der Waals surface area contributed by atoms with Gasteiger partial charge in [0.1, 0.15) is 0 Å². The van der Waals surface area contributed by atoms with E-state index in [1.54, 1.807) is 18.2 Å². The van der Waals surface area contributed by atoms with Gasteiger partial charge in [0.15, 0.2) is 0 Å². The number of carbonyl (C=O) groups excluding carboxylic acids is 1. The number of nitrogens with one attached hydrogen (secondary N) is 1. The van der Waals surface area contributed by atoms with Gasteiger partial charge in [-0.1, -0.05) is 27.7 Å². The molecule has 7 nitrogen and oxygen atoms in total. The summed E-state index contributed by atoms with van der Waals surface area (Å²) in [6.07, 6.45) is 2.80. The second kappa shape index (κ2) is 7.91. The summed E-state index contributed by atoms with van der Waals surface area (Å²) in [6, 6.07) is 4.61. The molecule has 0 amide bonds. The van der Waals surface area contributed by atoms with Gasteiger partial charge >= 0.3 is 0 Å². The summed E-state index contributed by atoms with van der Waals surface area (Å²) in [5.41, 5.74) is 1.48. The minimum atomic E-state index is -4.00. The van der Waals surface area contributed by atoms with Crippen LogP contribution in [0.25, 0.3) is 0 Å². The van der Waals surface area contributed by atoms with Gasteiger partial charge in [-0.15, -0.1) is 0 Å². The zero-order chi connectivity index (χ0) is 21.3. The molecule has 0 spiro atoms. The molecule has 0 fully saturated rings. The summed E-state index contributed by atoms with van der Waals surface area (Å²) in [5.74, 6) is 0.0268. The third-order valence-corrected chi connectivity index (χ3v) is 5.62. The Morgan fingerprint density at radius 2 is 1.64 bits per heavy atom. The third-order valence-electron chi connectivity index (χ3n) is 4.37. The van der Waals surface area contributed by atoms with Gasteiger partial charge < -0.3 is 9.52 Å². The van der Waals surface area contributed by atoms with Crippen LogP contribution < -0.4 is 4.72 Å². The van der Waals surface area contributed by atoms with E-state index in [-0.39, 0.29) is 16.9 Å². The molecular weight excluding hydrogens is 380 g/mol. The monoisotopic (exact) mass is 406 g/mol. The molecule has 0 atom stereocenters. The Morgan fingerprint density at radius 3 is 2.04 bits per heavy atom. The third kappa shape index (κ3) is 4.70. The van der Waals surface area contributed by atoms with Crippen LogP contribution in [0, 0.1) is 0 Å². The zero-order valence-corrected chi connectivity index (χ0v) is 17.7. The summed E-state index contributed by atoms with van der Waals surface area (Å²) in [5, 5.41) is 9.72. The Balaban J connectivity index is 2.53. The van der Waals surface area contributed by atoms with Crippen LogP contribution >= 0.6 is 0 Å². The topological polar surface area (TPSA) is 109 Å². The molecule has 0 saturated carbocycles. The first-order chi connectivity index (χ1) is 12.9. The molecule has 1 aromatic heterocycles. The van der Waals surface area contributed by atoms with Crippen LogP contribution in [0.15, 0.2) is 39.0 Å². The Kier molecular flexibility index (Phi) is 6.18. The van der Waals surface area contributed by atoms with E-state index in [0.29, 0.717) is 16.9 Å². The number of furan rings is 1. The first kappa shape index (κ1) is 21.9. The molecule has 1 aromatic carbocycles. The lowest BCUT2D eigenvalue weighted by Crippen LogP contribution is -2.15. The summed E-state index contributed by atoms with van der Waals surface area (Å²) in [4.78, 5) is 14.7. The fourth-order valence-corrected chi connectivity index (χ4v) is 3.76. The summed E-state index contributed by atoms with van der Waals surface area (Å²) in [7, 11) is -4.00. The lowest BCUT2D eigenvalue weighted by atomic mass is 9.92. The molecule has 0 bridgehead atoms. The first-order valence-electron chi connectivity index (χ1n) is 8.96. The summed E-state index contributed by atoms with van der Waals surface area (Å²) < 4.78 is 33.2. The largest absolute Gasteiger partial charge is 0.451 e. The minimum Gasteiger partial charge on any atom is -0.451 e. The van der Waals surface area contributed by atoms with Crippen molar-refractivity contribution in [2.45, 2.75) is 64.1 Å². The highest BCUT2D eigenvalue weighted by Crippen LogP contribution is 2.38. The van der Waals surface area contributed by atoms with E-state index in [9.17, 15) is 18.3 Å². The van der Waals surface area contributed by atoms with Gasteiger partial charge in [0.05, 0.1) is 17.6 Å². The molecule has 8 heteroatoms. The zero-order valence-electron chi connectivity index (χ0n) is 16.9. The van der Waals surface area contributed by atoms with E-state index in [0.717, 1.165) is 11.1 Å². The van der Waals surface area contributed by atoms with Crippen LogP contribution in [0.3, 0.4) is 0 Å². The van der Waals surface area contributed by atoms with Crippen molar-refractivity contribution in [2.75, 3.05) is 4.72 Å². The molecule has 2 aromatic rings. The van der Waals surface area contributed by atoms with Crippen LogP contribution in [0.2, 0.25) is 0 Å². The number of aliphatic hydroxyl groups is 1. The van der Waals surface area contributed by atoms with E-state index in [1.165, 1.54) is 26.2 Å². The molecule has 0 aliphatic rings. The van der Waals surface area contributed by atoms with E-state index < -0.39 is 15.6 Å². The van der Waals surface area contributed by atoms with Crippen molar-refractivity contribution in [3.63, 3.8) is 0 Å². The number of sulfonamides is 1. The van der Waals surface area contributed by atoms with Crippen molar-refractivity contribution >= 4 is 27.5 Å². The van der Waals surface area contributed by atoms with Gasteiger partial charge in [0.2, 0.25) is 11.2 Å². The normalized spacial score (nSPS) is 12.3. The second-order valence-electron chi connectivity index (χ2n) is 7.83. The van der Waals surface area contributed by atoms with Gasteiger partial charge in [-0.2, -0.15) is 13.4 Å². The molecule has 2 N–H and O–H groups in total. The highest BCUT2D eigenvalue weighted by Gasteiger charge is 2.26. The van der Waals surface area contributed by atoms with Gasteiger partial charge in [0, 0.05) is 17.3 Å². The molecule has 0 aliphatic heterocycles. The molecule has 28 heavy (non-hydrogen) atoms. The SMILES string of the molecule is CC(C)c1cc(NS(=O)(=O)c2cc(C(C)(C)O)co2)cc(C(C)C)c1N=C=O. The highest BCUT2D eigenvalue weighted by molar-refractivity contribution is 7.92. The minimum absolute atomic E-state index is 0.0134. The van der Waals surface area contributed by atoms with E-state index in [4.69, 9.17) is 4.42 Å². The number of hydrogen-bond acceptors (Lipinski definition) is 6. The van der Waals surface area contributed by atoms with Crippen LogP contribution in [-0.2, 0) is 20.4 Å². The summed E-state index contributed by atoms with van der Waals surface area (Å²) in [6.45, 7) is 10.8. The van der Waals surface area contributed by atoms with Gasteiger partial charge in [-0.3, -0.25) is 4.72 Å². The maximum absolute atomic E-state index is 12.7. The molecule has 0 aliphatic carbocycles. The smallest absolute Gasteiger partial charge is 0.295 e. The lowest BCUT2D eigenvalue weighted by Gasteiger charge is -2.18. The van der Waals surface area contributed by atoms with Gasteiger partial charge in [-0.05, 0) is 48.9 Å². The predicted octanol–water partition coefficient (Wildman–Crippen LogP) is 4.52. The van der Waals surface area contributed by atoms with Crippen molar-refractivity contribution in [3.8, 4) is 0 Å². The number of hydrogen-bond donors (Lipinski definition) is 2. The Hall–Kier alpha value is -2.41. The van der Waals surface area contributed by atoms with Crippen molar-refractivity contribution in [1.29, 1.82) is 0 Å². The molecule has 0 radical (unpaired) electrons. The molecule has 1 heterocycles. The number of isocyanates is 1. The quantitative estimate of drug-likeness (QED) is 0.519.